The molecule has 0 unspecified atom stereocenters. The summed E-state index contributed by atoms with van der Waals surface area (Å²) in [5.41, 5.74) is 1.11. The van der Waals surface area contributed by atoms with Gasteiger partial charge in [-0.25, -0.2) is 12.8 Å². The van der Waals surface area contributed by atoms with Crippen LogP contribution in [0.1, 0.15) is 5.56 Å². The third kappa shape index (κ3) is 7.05. The molecule has 0 aliphatic rings. The van der Waals surface area contributed by atoms with Gasteiger partial charge in [-0.3, -0.25) is 14.8 Å². The molecule has 3 N–H and O–H groups in total. The molecule has 2 aromatic carbocycles. The molecule has 1 amide bonds. The molecule has 3 aromatic rings. The summed E-state index contributed by atoms with van der Waals surface area (Å²) < 4.78 is 45.1. The van der Waals surface area contributed by atoms with Crippen molar-refractivity contribution >= 4 is 50.8 Å². The molecule has 12 heteroatoms. The Kier molecular flexibility index (Phi) is 7.64. The molecule has 170 valence electrons. The summed E-state index contributed by atoms with van der Waals surface area (Å²) in [5, 5.41) is 12.7. The van der Waals surface area contributed by atoms with E-state index >= 15 is 0 Å². The van der Waals surface area contributed by atoms with Crippen molar-refractivity contribution in [2.24, 2.45) is 0 Å². The van der Waals surface area contributed by atoms with Crippen LogP contribution in [0, 0.1) is 5.82 Å². The molecule has 0 saturated carbocycles. The Balaban J connectivity index is 1.56. The van der Waals surface area contributed by atoms with Gasteiger partial charge in [0, 0.05) is 17.8 Å². The van der Waals surface area contributed by atoms with Crippen LogP contribution in [0.3, 0.4) is 0 Å². The van der Waals surface area contributed by atoms with Gasteiger partial charge in [-0.2, -0.15) is 0 Å². The minimum atomic E-state index is -3.89. The molecule has 33 heavy (non-hydrogen) atoms. The van der Waals surface area contributed by atoms with Crippen LogP contribution < -0.4 is 20.1 Å². The Bertz CT molecular complexity index is 1260. The smallest absolute Gasteiger partial charge is 0.263 e. The average Bonchev–Trinajstić information content (AvgIpc) is 2.79. The van der Waals surface area contributed by atoms with Crippen LogP contribution in [0.25, 0.3) is 6.08 Å². The minimum absolute atomic E-state index is 0.0112. The quantitative estimate of drug-likeness (QED) is 0.344. The van der Waals surface area contributed by atoms with E-state index in [0.29, 0.717) is 11.3 Å². The van der Waals surface area contributed by atoms with Gasteiger partial charge in [0.05, 0.1) is 12.0 Å². The van der Waals surface area contributed by atoms with Gasteiger partial charge < -0.3 is 10.1 Å². The van der Waals surface area contributed by atoms with Crippen molar-refractivity contribution in [2.75, 3.05) is 17.1 Å². The number of nitrogens with one attached hydrogen (secondary N) is 3. The predicted molar refractivity (Wildman–Crippen MR) is 126 cm³/mol. The van der Waals surface area contributed by atoms with Crippen molar-refractivity contribution in [1.82, 2.24) is 15.5 Å². The lowest BCUT2D eigenvalue weighted by molar-refractivity contribution is -0.115. The monoisotopic (exact) mass is 487 g/mol. The molecule has 3 rings (SSSR count). The molecule has 0 radical (unpaired) electrons. The zero-order valence-corrected chi connectivity index (χ0v) is 18.8. The third-order valence-corrected chi connectivity index (χ3v) is 5.62. The highest BCUT2D eigenvalue weighted by Crippen LogP contribution is 2.17. The summed E-state index contributed by atoms with van der Waals surface area (Å²) in [7, 11) is -2.47. The van der Waals surface area contributed by atoms with Gasteiger partial charge in [-0.05, 0) is 66.3 Å². The molecule has 0 aliphatic heterocycles. The normalized spacial score (nSPS) is 11.1. The molecule has 9 nitrogen and oxygen atoms in total. The molecular formula is C21H18FN5O4S2. The highest BCUT2D eigenvalue weighted by atomic mass is 32.2. The number of rotatable bonds is 7. The summed E-state index contributed by atoms with van der Waals surface area (Å²) in [6.45, 7) is 0. The summed E-state index contributed by atoms with van der Waals surface area (Å²) >= 11 is 5.09. The third-order valence-electron chi connectivity index (χ3n) is 4.04. The number of nitrogens with zero attached hydrogens (tertiary/aromatic N) is 2. The maximum absolute atomic E-state index is 12.9. The predicted octanol–water partition coefficient (Wildman–Crippen LogP) is 2.95. The number of amides is 1. The molecule has 0 saturated heterocycles. The number of carbonyl (C=O) groups is 1. The Morgan fingerprint density at radius 3 is 2.33 bits per heavy atom. The Morgan fingerprint density at radius 1 is 1.03 bits per heavy atom. The molecule has 0 aliphatic carbocycles. The van der Waals surface area contributed by atoms with Crippen molar-refractivity contribution in [1.29, 1.82) is 0 Å². The maximum Gasteiger partial charge on any atom is 0.263 e. The van der Waals surface area contributed by atoms with Crippen LogP contribution in [-0.2, 0) is 14.8 Å². The van der Waals surface area contributed by atoms with E-state index < -0.39 is 15.9 Å². The fourth-order valence-electron chi connectivity index (χ4n) is 2.46. The highest BCUT2D eigenvalue weighted by molar-refractivity contribution is 7.92. The number of hydrogen-bond donors (Lipinski definition) is 3. The number of halogens is 1. The zero-order chi connectivity index (χ0) is 23.8. The number of anilines is 2. The van der Waals surface area contributed by atoms with E-state index in [9.17, 15) is 17.6 Å². The van der Waals surface area contributed by atoms with Gasteiger partial charge in [0.1, 0.15) is 5.82 Å². The molecule has 1 aromatic heterocycles. The summed E-state index contributed by atoms with van der Waals surface area (Å²) in [4.78, 5) is 12.0. The van der Waals surface area contributed by atoms with E-state index in [1.54, 1.807) is 0 Å². The SMILES string of the molecule is COc1ccc(NS(=O)(=O)c2ccc(NC(=S)NC(=O)C=Cc3ccc(F)cc3)cc2)nn1. The summed E-state index contributed by atoms with van der Waals surface area (Å²) in [5.74, 6) is -0.565. The van der Waals surface area contributed by atoms with Gasteiger partial charge >= 0.3 is 0 Å². The first-order valence-electron chi connectivity index (χ1n) is 9.31. The Hall–Kier alpha value is -3.90. The molecule has 0 fully saturated rings. The molecule has 0 spiro atoms. The van der Waals surface area contributed by atoms with E-state index in [4.69, 9.17) is 17.0 Å². The van der Waals surface area contributed by atoms with Crippen molar-refractivity contribution in [3.8, 4) is 5.88 Å². The van der Waals surface area contributed by atoms with Crippen molar-refractivity contribution in [2.45, 2.75) is 4.90 Å². The van der Waals surface area contributed by atoms with Gasteiger partial charge in [-0.1, -0.05) is 12.1 Å². The highest BCUT2D eigenvalue weighted by Gasteiger charge is 2.15. The topological polar surface area (TPSA) is 122 Å². The van der Waals surface area contributed by atoms with Crippen LogP contribution in [-0.4, -0.2) is 36.7 Å². The fourth-order valence-corrected chi connectivity index (χ4v) is 3.67. The van der Waals surface area contributed by atoms with Crippen LogP contribution in [0.4, 0.5) is 15.9 Å². The van der Waals surface area contributed by atoms with Gasteiger partial charge in [0.2, 0.25) is 11.8 Å². The van der Waals surface area contributed by atoms with Crippen LogP contribution in [0.5, 0.6) is 5.88 Å². The maximum atomic E-state index is 12.9. The van der Waals surface area contributed by atoms with E-state index in [2.05, 4.69) is 25.6 Å². The largest absolute Gasteiger partial charge is 0.480 e. The fraction of sp³-hybridized carbons (Fsp3) is 0.0476. The Labute approximate surface area is 194 Å². The Morgan fingerprint density at radius 2 is 1.73 bits per heavy atom. The number of thiocarbonyl (C=S) groups is 1. The number of carbonyl (C=O) groups excluding carboxylic acids is 1. The molecule has 1 heterocycles. The number of hydrogen-bond acceptors (Lipinski definition) is 7. The van der Waals surface area contributed by atoms with Gasteiger partial charge in [-0.15, -0.1) is 10.2 Å². The number of ether oxygens (including phenoxy) is 1. The second kappa shape index (κ2) is 10.6. The molecule has 0 atom stereocenters. The number of benzene rings is 2. The minimum Gasteiger partial charge on any atom is -0.480 e. The number of methoxy groups -OCH3 is 1. The lowest BCUT2D eigenvalue weighted by atomic mass is 10.2. The van der Waals surface area contributed by atoms with Gasteiger partial charge in [0.25, 0.3) is 10.0 Å². The summed E-state index contributed by atoms with van der Waals surface area (Å²) in [6, 6.07) is 14.2. The first-order valence-corrected chi connectivity index (χ1v) is 11.2. The van der Waals surface area contributed by atoms with Gasteiger partial charge in [0.15, 0.2) is 10.9 Å². The van der Waals surface area contributed by atoms with E-state index in [-0.39, 0.29) is 27.5 Å². The average molecular weight is 488 g/mol. The van der Waals surface area contributed by atoms with Crippen molar-refractivity contribution < 1.29 is 22.3 Å². The van der Waals surface area contributed by atoms with Crippen LogP contribution in [0.15, 0.2) is 71.6 Å². The first kappa shape index (κ1) is 23.8. The van der Waals surface area contributed by atoms with Crippen molar-refractivity contribution in [3.63, 3.8) is 0 Å². The van der Waals surface area contributed by atoms with E-state index in [1.165, 1.54) is 79.9 Å². The lowest BCUT2D eigenvalue weighted by Crippen LogP contribution is -2.32. The number of sulfonamides is 1. The van der Waals surface area contributed by atoms with Crippen LogP contribution in [0.2, 0.25) is 0 Å². The molecule has 0 bridgehead atoms. The zero-order valence-electron chi connectivity index (χ0n) is 17.2. The first-order chi connectivity index (χ1) is 15.7. The standard InChI is InChI=1S/C21H18FN5O4S2/c1-31-20-13-11-18(25-26-20)27-33(29,30)17-9-7-16(8-10-17)23-21(32)24-19(28)12-4-14-2-5-15(22)6-3-14/h2-13H,1H3,(H,25,27)(H2,23,24,28,32). The molecular weight excluding hydrogens is 469 g/mol. The second-order valence-corrected chi connectivity index (χ2v) is 8.51. The van der Waals surface area contributed by atoms with E-state index in [0.717, 1.165) is 0 Å². The van der Waals surface area contributed by atoms with Crippen LogP contribution >= 0.6 is 12.2 Å². The second-order valence-electron chi connectivity index (χ2n) is 6.42. The number of aromatic nitrogens is 2. The van der Waals surface area contributed by atoms with E-state index in [1.807, 2.05) is 0 Å². The lowest BCUT2D eigenvalue weighted by Gasteiger charge is -2.10. The summed E-state index contributed by atoms with van der Waals surface area (Å²) in [6.07, 6.45) is 2.77. The van der Waals surface area contributed by atoms with Crippen molar-refractivity contribution in [3.05, 3.63) is 78.1 Å².